The third-order valence-electron chi connectivity index (χ3n) is 6.05. The minimum Gasteiger partial charge on any atom is -0.493 e. The molecular weight excluding hydrogens is 464 g/mol. The summed E-state index contributed by atoms with van der Waals surface area (Å²) >= 11 is 1.52. The molecule has 0 spiro atoms. The van der Waals surface area contributed by atoms with Gasteiger partial charge in [0.25, 0.3) is 6.17 Å². The number of para-hydroxylation sites is 2. The number of nitrogens with zero attached hydrogens (tertiary/aromatic N) is 3. The fourth-order valence-electron chi connectivity index (χ4n) is 4.47. The number of anilines is 1. The number of unbranched alkanes of at least 4 members (excludes halogenated alkanes) is 3. The van der Waals surface area contributed by atoms with Crippen LogP contribution in [0.3, 0.4) is 0 Å². The summed E-state index contributed by atoms with van der Waals surface area (Å²) in [5.74, 6) is 1.69. The summed E-state index contributed by atoms with van der Waals surface area (Å²) < 4.78 is 12.9. The molecule has 1 amide bonds. The number of aromatic nitrogens is 3. The van der Waals surface area contributed by atoms with Crippen LogP contribution in [0.1, 0.15) is 51.3 Å². The number of benzene rings is 2. The van der Waals surface area contributed by atoms with E-state index >= 15 is 0 Å². The Morgan fingerprint density at radius 2 is 1.91 bits per heavy atom. The van der Waals surface area contributed by atoms with Gasteiger partial charge in [-0.15, -0.1) is 0 Å². The molecule has 2 heterocycles. The van der Waals surface area contributed by atoms with Crippen molar-refractivity contribution in [1.29, 1.82) is 0 Å². The number of fused-ring (bicyclic) bond motifs is 3. The van der Waals surface area contributed by atoms with E-state index in [9.17, 15) is 9.59 Å². The van der Waals surface area contributed by atoms with Crippen molar-refractivity contribution in [3.8, 4) is 22.8 Å². The average Bonchev–Trinajstić information content (AvgIpc) is 2.86. The van der Waals surface area contributed by atoms with E-state index in [1.54, 1.807) is 29.9 Å². The van der Waals surface area contributed by atoms with E-state index in [0.29, 0.717) is 39.2 Å². The molecule has 0 saturated carbocycles. The highest BCUT2D eigenvalue weighted by atomic mass is 32.2. The van der Waals surface area contributed by atoms with E-state index in [4.69, 9.17) is 14.6 Å². The van der Waals surface area contributed by atoms with Crippen LogP contribution in [0.2, 0.25) is 0 Å². The highest BCUT2D eigenvalue weighted by Crippen LogP contribution is 2.42. The van der Waals surface area contributed by atoms with Gasteiger partial charge in [-0.3, -0.25) is 14.6 Å². The molecule has 1 aliphatic heterocycles. The summed E-state index contributed by atoms with van der Waals surface area (Å²) in [6, 6.07) is 12.9. The van der Waals surface area contributed by atoms with Crippen LogP contribution >= 0.6 is 11.8 Å². The average molecular weight is 496 g/mol. The van der Waals surface area contributed by atoms with Crippen LogP contribution < -0.4 is 24.6 Å². The summed E-state index contributed by atoms with van der Waals surface area (Å²) in [4.78, 5) is 31.1. The smallest absolute Gasteiger partial charge is 0.325 e. The lowest BCUT2D eigenvalue weighted by Crippen LogP contribution is -2.60. The van der Waals surface area contributed by atoms with E-state index in [-0.39, 0.29) is 11.5 Å². The van der Waals surface area contributed by atoms with Crippen LogP contribution in [0.5, 0.6) is 11.5 Å². The molecule has 0 aliphatic carbocycles. The van der Waals surface area contributed by atoms with Crippen molar-refractivity contribution in [1.82, 2.24) is 10.1 Å². The number of hydrogen-bond acceptors (Lipinski definition) is 6. The van der Waals surface area contributed by atoms with Gasteiger partial charge in [-0.25, -0.2) is 4.90 Å². The lowest BCUT2D eigenvalue weighted by atomic mass is 10.0. The molecule has 0 bridgehead atoms. The van der Waals surface area contributed by atoms with Crippen molar-refractivity contribution in [2.75, 3.05) is 24.9 Å². The molecule has 184 valence electrons. The number of ether oxygens (including phenoxy) is 2. The van der Waals surface area contributed by atoms with Gasteiger partial charge in [-0.05, 0) is 35.4 Å². The van der Waals surface area contributed by atoms with Gasteiger partial charge in [0.15, 0.2) is 11.5 Å². The number of carbonyl (C=O) groups is 1. The van der Waals surface area contributed by atoms with Crippen molar-refractivity contribution in [2.24, 2.45) is 0 Å². The van der Waals surface area contributed by atoms with Crippen LogP contribution in [0.4, 0.5) is 5.69 Å². The third kappa shape index (κ3) is 4.77. The van der Waals surface area contributed by atoms with E-state index in [1.165, 1.54) is 31.5 Å². The molecule has 1 N–H and O–H groups in total. The van der Waals surface area contributed by atoms with Crippen LogP contribution in [-0.4, -0.2) is 36.0 Å². The second-order valence-corrected chi connectivity index (χ2v) is 9.41. The molecular formula is C26H31N4O4S+. The zero-order valence-electron chi connectivity index (χ0n) is 20.5. The summed E-state index contributed by atoms with van der Waals surface area (Å²) in [5, 5.41) is 5.36. The predicted octanol–water partition coefficient (Wildman–Crippen LogP) is 4.33. The Balaban J connectivity index is 1.92. The molecule has 35 heavy (non-hydrogen) atoms. The number of thioether (sulfide) groups is 1. The number of carbonyl (C=O) groups excluding carboxylic acids is 1. The number of H-pyrrole nitrogens is 1. The molecule has 1 atom stereocenters. The highest BCUT2D eigenvalue weighted by Gasteiger charge is 2.46. The molecule has 4 rings (SSSR count). The lowest BCUT2D eigenvalue weighted by molar-refractivity contribution is -0.763. The lowest BCUT2D eigenvalue weighted by Gasteiger charge is -2.32. The third-order valence-corrected chi connectivity index (χ3v) is 7.00. The highest BCUT2D eigenvalue weighted by molar-refractivity contribution is 7.99. The first kappa shape index (κ1) is 24.8. The van der Waals surface area contributed by atoms with E-state index in [1.807, 2.05) is 36.4 Å². The quantitative estimate of drug-likeness (QED) is 0.270. The minimum absolute atomic E-state index is 0.179. The molecule has 2 aromatic carbocycles. The van der Waals surface area contributed by atoms with Crippen molar-refractivity contribution < 1.29 is 19.0 Å². The molecule has 0 unspecified atom stereocenters. The van der Waals surface area contributed by atoms with Gasteiger partial charge in [-0.1, -0.05) is 56.1 Å². The summed E-state index contributed by atoms with van der Waals surface area (Å²) in [6.45, 7) is 3.69. The maximum absolute atomic E-state index is 13.4. The summed E-state index contributed by atoms with van der Waals surface area (Å²) in [7, 11) is 3.13. The second-order valence-electron chi connectivity index (χ2n) is 8.32. The van der Waals surface area contributed by atoms with Gasteiger partial charge >= 0.3 is 11.3 Å². The molecule has 9 heteroatoms. The predicted molar refractivity (Wildman–Crippen MR) is 136 cm³/mol. The van der Waals surface area contributed by atoms with Gasteiger partial charge < -0.3 is 9.47 Å². The monoisotopic (exact) mass is 495 g/mol. The minimum atomic E-state index is -0.732. The summed E-state index contributed by atoms with van der Waals surface area (Å²) in [5.41, 5.74) is 2.10. The second kappa shape index (κ2) is 10.9. The number of hydrogen-bond donors (Lipinski definition) is 1. The van der Waals surface area contributed by atoms with Gasteiger partial charge in [0, 0.05) is 17.8 Å². The van der Waals surface area contributed by atoms with E-state index < -0.39 is 6.17 Å². The van der Waals surface area contributed by atoms with Crippen LogP contribution in [0.15, 0.2) is 52.4 Å². The Morgan fingerprint density at radius 1 is 1.11 bits per heavy atom. The zero-order valence-corrected chi connectivity index (χ0v) is 21.4. The number of aromatic amines is 1. The first-order valence-electron chi connectivity index (χ1n) is 11.8. The Kier molecular flexibility index (Phi) is 7.75. The Hall–Kier alpha value is -3.33. The standard InChI is InChI=1S/C26H30N4O4S/c1-5-6-7-10-16-35-26-27-24(32)22-18-12-8-9-14-20(18)29(17(2)31)25(30(22)28-26)19-13-11-15-21(33-3)23(19)34-4/h8-9,11-15,25H,5-7,10,16H2,1-4H3/p+1/t25-/m1/s1. The van der Waals surface area contributed by atoms with Crippen LogP contribution in [0, 0.1) is 0 Å². The molecule has 1 aromatic heterocycles. The zero-order chi connectivity index (χ0) is 24.9. The molecule has 0 fully saturated rings. The van der Waals surface area contributed by atoms with Gasteiger partial charge in [-0.2, -0.15) is 0 Å². The molecule has 0 saturated heterocycles. The number of methoxy groups -OCH3 is 2. The Labute approximate surface area is 209 Å². The fraction of sp³-hybridized carbons (Fsp3) is 0.385. The first-order valence-corrected chi connectivity index (χ1v) is 12.8. The van der Waals surface area contributed by atoms with E-state index in [2.05, 4.69) is 11.9 Å². The SMILES string of the molecule is CCCCCCSc1n[n+]2c(c(=O)[nH]1)-c1ccccc1N(C(C)=O)[C@H]2c1cccc(OC)c1OC. The van der Waals surface area contributed by atoms with Crippen molar-refractivity contribution in [2.45, 2.75) is 50.9 Å². The molecule has 1 aliphatic rings. The molecule has 0 radical (unpaired) electrons. The van der Waals surface area contributed by atoms with Gasteiger partial charge in [0.05, 0.1) is 31.0 Å². The van der Waals surface area contributed by atoms with E-state index in [0.717, 1.165) is 18.6 Å². The van der Waals surface area contributed by atoms with Crippen LogP contribution in [0.25, 0.3) is 11.3 Å². The van der Waals surface area contributed by atoms with Gasteiger partial charge in [0.1, 0.15) is 0 Å². The van der Waals surface area contributed by atoms with Crippen molar-refractivity contribution in [3.05, 3.63) is 58.4 Å². The first-order chi connectivity index (χ1) is 17.0. The maximum Gasteiger partial charge on any atom is 0.325 e. The molecule has 8 nitrogen and oxygen atoms in total. The normalized spacial score (nSPS) is 14.3. The Morgan fingerprint density at radius 3 is 2.63 bits per heavy atom. The number of rotatable bonds is 9. The number of amides is 1. The number of nitrogens with one attached hydrogen (secondary N) is 1. The fourth-order valence-corrected chi connectivity index (χ4v) is 5.32. The van der Waals surface area contributed by atoms with Crippen molar-refractivity contribution >= 4 is 23.4 Å². The van der Waals surface area contributed by atoms with Crippen LogP contribution in [-0.2, 0) is 4.79 Å². The maximum atomic E-state index is 13.4. The summed E-state index contributed by atoms with van der Waals surface area (Å²) in [6.07, 6.45) is 3.80. The van der Waals surface area contributed by atoms with Crippen molar-refractivity contribution in [3.63, 3.8) is 0 Å². The largest absolute Gasteiger partial charge is 0.493 e. The van der Waals surface area contributed by atoms with Gasteiger partial charge in [0.2, 0.25) is 11.1 Å². The topological polar surface area (TPSA) is 88.4 Å². The Bertz CT molecular complexity index is 1280. The molecule has 3 aromatic rings.